The molecule has 3 unspecified atom stereocenters. The van der Waals surface area contributed by atoms with E-state index in [4.69, 9.17) is 5.73 Å². The van der Waals surface area contributed by atoms with Crippen LogP contribution in [-0.4, -0.2) is 24.0 Å². The number of hydrogen-bond donors (Lipinski definition) is 1. The number of rotatable bonds is 3. The van der Waals surface area contributed by atoms with Crippen LogP contribution in [0, 0.1) is 11.7 Å². The van der Waals surface area contributed by atoms with Crippen molar-refractivity contribution in [3.63, 3.8) is 0 Å². The summed E-state index contributed by atoms with van der Waals surface area (Å²) in [5.41, 5.74) is 6.65. The Bertz CT molecular complexity index is 438. The van der Waals surface area contributed by atoms with Gasteiger partial charge in [-0.25, -0.2) is 4.39 Å². The number of piperidine rings is 1. The van der Waals surface area contributed by atoms with Crippen molar-refractivity contribution in [2.45, 2.75) is 38.8 Å². The average Bonchev–Trinajstić information content (AvgIpc) is 2.40. The maximum atomic E-state index is 14.0. The minimum Gasteiger partial charge on any atom is -0.329 e. The highest BCUT2D eigenvalue weighted by molar-refractivity contribution is 9.10. The molecule has 0 saturated carbocycles. The topological polar surface area (TPSA) is 29.3 Å². The first kappa shape index (κ1) is 14.9. The molecule has 1 aliphatic rings. The molecule has 1 aromatic rings. The molecule has 106 valence electrons. The fourth-order valence-corrected chi connectivity index (χ4v) is 3.40. The van der Waals surface area contributed by atoms with Gasteiger partial charge in [-0.3, -0.25) is 4.90 Å². The average molecular weight is 329 g/mol. The van der Waals surface area contributed by atoms with Gasteiger partial charge in [-0.1, -0.05) is 22.9 Å². The Labute approximate surface area is 123 Å². The van der Waals surface area contributed by atoms with Gasteiger partial charge in [-0.05, 0) is 50.4 Å². The first-order valence-electron chi connectivity index (χ1n) is 6.93. The van der Waals surface area contributed by atoms with Crippen molar-refractivity contribution in [3.05, 3.63) is 34.1 Å². The summed E-state index contributed by atoms with van der Waals surface area (Å²) >= 11 is 3.42. The van der Waals surface area contributed by atoms with Crippen LogP contribution < -0.4 is 5.73 Å². The van der Waals surface area contributed by atoms with Crippen LogP contribution in [0.3, 0.4) is 0 Å². The lowest BCUT2D eigenvalue weighted by atomic mass is 9.90. The largest absolute Gasteiger partial charge is 0.329 e. The van der Waals surface area contributed by atoms with Crippen LogP contribution in [0.15, 0.2) is 22.7 Å². The zero-order chi connectivity index (χ0) is 14.0. The van der Waals surface area contributed by atoms with Crippen LogP contribution in [0.4, 0.5) is 4.39 Å². The Morgan fingerprint density at radius 3 is 2.95 bits per heavy atom. The molecule has 0 amide bonds. The Morgan fingerprint density at radius 1 is 1.53 bits per heavy atom. The highest BCUT2D eigenvalue weighted by Gasteiger charge is 2.30. The van der Waals surface area contributed by atoms with Crippen molar-refractivity contribution >= 4 is 15.9 Å². The Hall–Kier alpha value is -0.450. The monoisotopic (exact) mass is 328 g/mol. The van der Waals surface area contributed by atoms with Gasteiger partial charge >= 0.3 is 0 Å². The molecule has 3 atom stereocenters. The van der Waals surface area contributed by atoms with E-state index in [1.54, 1.807) is 6.07 Å². The van der Waals surface area contributed by atoms with Crippen LogP contribution >= 0.6 is 15.9 Å². The predicted molar refractivity (Wildman–Crippen MR) is 80.5 cm³/mol. The molecule has 1 fully saturated rings. The van der Waals surface area contributed by atoms with Gasteiger partial charge in [0.25, 0.3) is 0 Å². The van der Waals surface area contributed by atoms with Crippen molar-refractivity contribution < 1.29 is 4.39 Å². The lowest BCUT2D eigenvalue weighted by Crippen LogP contribution is -2.47. The van der Waals surface area contributed by atoms with E-state index in [2.05, 4.69) is 34.7 Å². The van der Waals surface area contributed by atoms with E-state index in [0.717, 1.165) is 29.4 Å². The summed E-state index contributed by atoms with van der Waals surface area (Å²) in [6.07, 6.45) is 2.27. The van der Waals surface area contributed by atoms with Crippen molar-refractivity contribution in [2.75, 3.05) is 13.1 Å². The number of nitrogens with two attached hydrogens (primary N) is 1. The second-order valence-electron chi connectivity index (χ2n) is 5.60. The molecule has 19 heavy (non-hydrogen) atoms. The van der Waals surface area contributed by atoms with Gasteiger partial charge in [0.05, 0.1) is 0 Å². The van der Waals surface area contributed by atoms with E-state index in [0.29, 0.717) is 18.5 Å². The van der Waals surface area contributed by atoms with Crippen LogP contribution in [0.1, 0.15) is 38.3 Å². The van der Waals surface area contributed by atoms with Crippen molar-refractivity contribution in [1.29, 1.82) is 0 Å². The highest BCUT2D eigenvalue weighted by Crippen LogP contribution is 2.32. The molecule has 2 N–H and O–H groups in total. The first-order chi connectivity index (χ1) is 9.02. The van der Waals surface area contributed by atoms with Gasteiger partial charge in [0.1, 0.15) is 5.82 Å². The number of halogens is 2. The van der Waals surface area contributed by atoms with E-state index in [-0.39, 0.29) is 11.9 Å². The molecule has 4 heteroatoms. The quantitative estimate of drug-likeness (QED) is 0.916. The van der Waals surface area contributed by atoms with E-state index >= 15 is 0 Å². The van der Waals surface area contributed by atoms with Crippen LogP contribution in [0.25, 0.3) is 0 Å². The summed E-state index contributed by atoms with van der Waals surface area (Å²) in [4.78, 5) is 2.35. The summed E-state index contributed by atoms with van der Waals surface area (Å²) < 4.78 is 14.9. The van der Waals surface area contributed by atoms with E-state index in [1.165, 1.54) is 6.07 Å². The van der Waals surface area contributed by atoms with Gasteiger partial charge < -0.3 is 5.73 Å². The van der Waals surface area contributed by atoms with Crippen LogP contribution in [0.5, 0.6) is 0 Å². The SMILES string of the molecule is CC1CCN(C(C)c2cc(Br)ccc2F)C(CN)C1. The molecule has 0 aromatic heterocycles. The van der Waals surface area contributed by atoms with E-state index in [9.17, 15) is 4.39 Å². The smallest absolute Gasteiger partial charge is 0.128 e. The molecule has 0 radical (unpaired) electrons. The number of hydrogen-bond acceptors (Lipinski definition) is 2. The van der Waals surface area contributed by atoms with Crippen molar-refractivity contribution in [3.8, 4) is 0 Å². The third-order valence-corrected chi connectivity index (χ3v) is 4.69. The van der Waals surface area contributed by atoms with Crippen molar-refractivity contribution in [1.82, 2.24) is 4.90 Å². The summed E-state index contributed by atoms with van der Waals surface area (Å²) in [7, 11) is 0. The van der Waals surface area contributed by atoms with Crippen molar-refractivity contribution in [2.24, 2.45) is 11.7 Å². The van der Waals surface area contributed by atoms with Gasteiger partial charge in [-0.2, -0.15) is 0 Å². The molecule has 1 aliphatic heterocycles. The zero-order valence-corrected chi connectivity index (χ0v) is 13.2. The highest BCUT2D eigenvalue weighted by atomic mass is 79.9. The van der Waals surface area contributed by atoms with Crippen LogP contribution in [-0.2, 0) is 0 Å². The summed E-state index contributed by atoms with van der Waals surface area (Å²) in [5, 5.41) is 0. The molecule has 2 rings (SSSR count). The minimum atomic E-state index is -0.134. The zero-order valence-electron chi connectivity index (χ0n) is 11.6. The molecule has 2 nitrogen and oxygen atoms in total. The third kappa shape index (κ3) is 3.36. The maximum Gasteiger partial charge on any atom is 0.128 e. The number of benzene rings is 1. The lowest BCUT2D eigenvalue weighted by molar-refractivity contribution is 0.0818. The van der Waals surface area contributed by atoms with Gasteiger partial charge in [0.15, 0.2) is 0 Å². The first-order valence-corrected chi connectivity index (χ1v) is 7.73. The summed E-state index contributed by atoms with van der Waals surface area (Å²) in [6, 6.07) is 5.58. The lowest BCUT2D eigenvalue weighted by Gasteiger charge is -2.42. The number of nitrogens with zero attached hydrogens (tertiary/aromatic N) is 1. The standard InChI is InChI=1S/C15H22BrFN2/c1-10-5-6-19(13(7-10)9-18)11(2)14-8-12(16)3-4-15(14)17/h3-4,8,10-11,13H,5-7,9,18H2,1-2H3. The molecule has 0 aliphatic carbocycles. The predicted octanol–water partition coefficient (Wildman–Crippen LogP) is 3.71. The van der Waals surface area contributed by atoms with E-state index < -0.39 is 0 Å². The maximum absolute atomic E-state index is 14.0. The van der Waals surface area contributed by atoms with Gasteiger partial charge in [0, 0.05) is 28.7 Å². The molecule has 1 saturated heterocycles. The van der Waals surface area contributed by atoms with Gasteiger partial charge in [-0.15, -0.1) is 0 Å². The molecule has 1 aromatic carbocycles. The van der Waals surface area contributed by atoms with Crippen LogP contribution in [0.2, 0.25) is 0 Å². The molecule has 1 heterocycles. The third-order valence-electron chi connectivity index (χ3n) is 4.20. The minimum absolute atomic E-state index is 0.0681. The van der Waals surface area contributed by atoms with E-state index in [1.807, 2.05) is 6.07 Å². The fraction of sp³-hybridized carbons (Fsp3) is 0.600. The summed E-state index contributed by atoms with van der Waals surface area (Å²) in [5.74, 6) is 0.578. The normalized spacial score (nSPS) is 26.4. The molecular weight excluding hydrogens is 307 g/mol. The second-order valence-corrected chi connectivity index (χ2v) is 6.51. The molecule has 0 spiro atoms. The van der Waals surface area contributed by atoms with Gasteiger partial charge in [0.2, 0.25) is 0 Å². The number of likely N-dealkylation sites (tertiary alicyclic amines) is 1. The fourth-order valence-electron chi connectivity index (χ4n) is 3.02. The second kappa shape index (κ2) is 6.33. The molecular formula is C15H22BrFN2. The Morgan fingerprint density at radius 2 is 2.26 bits per heavy atom. The Balaban J connectivity index is 2.22. The Kier molecular flexibility index (Phi) is 4.98. The molecule has 0 bridgehead atoms. The summed E-state index contributed by atoms with van der Waals surface area (Å²) in [6.45, 7) is 5.98.